The van der Waals surface area contributed by atoms with Gasteiger partial charge in [0.05, 0.1) is 0 Å². The average Bonchev–Trinajstić information content (AvgIpc) is 1.76. The van der Waals surface area contributed by atoms with Gasteiger partial charge in [0.25, 0.3) is 0 Å². The van der Waals surface area contributed by atoms with Gasteiger partial charge in [-0.15, -0.1) is 0 Å². The first-order chi connectivity index (χ1) is 6.93. The third kappa shape index (κ3) is 8990. The third-order valence-corrected chi connectivity index (χ3v) is 0. The Morgan fingerprint density at radius 3 is 0.526 bits per heavy atom. The molecule has 0 aliphatic carbocycles. The fourth-order valence-electron chi connectivity index (χ4n) is 0. The van der Waals surface area contributed by atoms with Gasteiger partial charge in [0.15, 0.2) is 0 Å². The molecule has 19 heavy (non-hydrogen) atoms. The number of rotatable bonds is 0. The summed E-state index contributed by atoms with van der Waals surface area (Å²) in [7, 11) is -14.0. The largest absolute Gasteiger partial charge is 2.00 e. The Balaban J connectivity index is -0.0000000192. The Hall–Kier alpha value is 0.766. The van der Waals surface area contributed by atoms with Crippen molar-refractivity contribution in [2.45, 2.75) is 0 Å². The van der Waals surface area contributed by atoms with Crippen molar-refractivity contribution in [1.29, 1.82) is 0 Å². The SMILES string of the molecule is O=[Si]([O-])O.O=[Si]([O-])O.O=[Si]([O-])[O-].O=[Si]([O-])[O-].[Mg+2].[Mg+2].[Mg+2]. The predicted molar refractivity (Wildman–Crippen MR) is 47.5 cm³/mol. The molecule has 0 bridgehead atoms. The molecule has 0 aromatic heterocycles. The van der Waals surface area contributed by atoms with Crippen molar-refractivity contribution in [3.63, 3.8) is 0 Å². The van der Waals surface area contributed by atoms with Crippen molar-refractivity contribution in [3.8, 4) is 0 Å². The van der Waals surface area contributed by atoms with E-state index in [0.717, 1.165) is 0 Å². The molecule has 0 heterocycles. The van der Waals surface area contributed by atoms with E-state index >= 15 is 0 Å². The fraction of sp³-hybridized carbons (Fsp3) is 0. The molecule has 0 amide bonds. The van der Waals surface area contributed by atoms with Gasteiger partial charge in [0.1, 0.15) is 0 Å². The molecule has 96 valence electrons. The first kappa shape index (κ1) is 42.7. The summed E-state index contributed by atoms with van der Waals surface area (Å²) < 4.78 is 34.3. The number of hydrogen-bond donors (Lipinski definition) is 2. The maximum absolute atomic E-state index is 8.63. The zero-order chi connectivity index (χ0) is 14.3. The molecule has 12 nitrogen and oxygen atoms in total. The molecule has 0 fully saturated rings. The molecule has 0 unspecified atom stereocenters. The molecule has 0 saturated carbocycles. The van der Waals surface area contributed by atoms with Crippen molar-refractivity contribution in [3.05, 3.63) is 0 Å². The number of hydrogen-bond acceptors (Lipinski definition) is 10. The van der Waals surface area contributed by atoms with E-state index in [9.17, 15) is 0 Å². The monoisotopic (exact) mass is 378 g/mol. The second-order valence-corrected chi connectivity index (χ2v) is 3.10. The Morgan fingerprint density at radius 1 is 0.526 bits per heavy atom. The van der Waals surface area contributed by atoms with E-state index < -0.39 is 36.7 Å². The van der Waals surface area contributed by atoms with Gasteiger partial charge in [-0.25, -0.2) is 0 Å². The summed E-state index contributed by atoms with van der Waals surface area (Å²) in [6.45, 7) is 0. The van der Waals surface area contributed by atoms with Crippen LogP contribution in [0.25, 0.3) is 0 Å². The smallest absolute Gasteiger partial charge is 0.672 e. The zero-order valence-corrected chi connectivity index (χ0v) is 17.3. The van der Waals surface area contributed by atoms with Crippen LogP contribution in [0.15, 0.2) is 0 Å². The zero-order valence-electron chi connectivity index (χ0n) is 9.10. The minimum Gasteiger partial charge on any atom is -0.672 e. The fourth-order valence-corrected chi connectivity index (χ4v) is 0. The van der Waals surface area contributed by atoms with Gasteiger partial charge in [-0.3, -0.25) is 0 Å². The first-order valence-corrected chi connectivity index (χ1v) is 7.47. The van der Waals surface area contributed by atoms with Gasteiger partial charge in [0.2, 0.25) is 0 Å². The van der Waals surface area contributed by atoms with Crippen LogP contribution in [0.1, 0.15) is 0 Å². The maximum Gasteiger partial charge on any atom is 2.00 e. The van der Waals surface area contributed by atoms with Crippen LogP contribution in [0, 0.1) is 0 Å². The molecule has 0 radical (unpaired) electrons. The first-order valence-electron chi connectivity index (χ1n) is 2.49. The third-order valence-electron chi connectivity index (χ3n) is 0. The minimum absolute atomic E-state index is 0. The second kappa shape index (κ2) is 36.3. The van der Waals surface area contributed by atoms with Crippen molar-refractivity contribution in [2.24, 2.45) is 0 Å². The van der Waals surface area contributed by atoms with E-state index in [1.165, 1.54) is 0 Å². The van der Waals surface area contributed by atoms with Crippen LogP contribution in [-0.2, 0) is 17.8 Å². The topological polar surface area (TPSA) is 247 Å². The van der Waals surface area contributed by atoms with Crippen LogP contribution in [0.3, 0.4) is 0 Å². The quantitative estimate of drug-likeness (QED) is 0.372. The summed E-state index contributed by atoms with van der Waals surface area (Å²) >= 11 is 0. The van der Waals surface area contributed by atoms with Crippen LogP contribution in [0.5, 0.6) is 0 Å². The van der Waals surface area contributed by atoms with Gasteiger partial charge in [-0.1, -0.05) is 0 Å². The summed E-state index contributed by atoms with van der Waals surface area (Å²) in [6, 6.07) is 0. The Bertz CT molecular complexity index is 165. The van der Waals surface area contributed by atoms with E-state index in [1.807, 2.05) is 0 Å². The van der Waals surface area contributed by atoms with Crippen LogP contribution < -0.4 is 28.8 Å². The molecule has 0 aliphatic heterocycles. The van der Waals surface area contributed by atoms with Gasteiger partial charge in [-0.2, -0.15) is 0 Å². The van der Waals surface area contributed by atoms with Crippen molar-refractivity contribution in [1.82, 2.24) is 0 Å². The normalized spacial score (nSPS) is 5.05. The molecule has 2 N–H and O–H groups in total. The van der Waals surface area contributed by atoms with Gasteiger partial charge >= 0.3 is 87.5 Å². The maximum atomic E-state index is 8.63. The van der Waals surface area contributed by atoms with Crippen LogP contribution in [0.4, 0.5) is 0 Å². The Kier molecular flexibility index (Phi) is 81.7. The summed E-state index contributed by atoms with van der Waals surface area (Å²) in [5.41, 5.74) is 0. The summed E-state index contributed by atoms with van der Waals surface area (Å²) in [6.07, 6.45) is 0. The average molecular weight is 379 g/mol. The van der Waals surface area contributed by atoms with E-state index in [-0.39, 0.29) is 69.2 Å². The minimum atomic E-state index is -3.63. The Labute approximate surface area is 160 Å². The molecule has 0 rings (SSSR count). The van der Waals surface area contributed by atoms with Crippen LogP contribution in [-0.4, -0.2) is 115 Å². The molecule has 0 saturated heterocycles. The molecule has 0 aliphatic rings. The second-order valence-electron chi connectivity index (χ2n) is 1.03. The summed E-state index contributed by atoms with van der Waals surface area (Å²) in [5.74, 6) is 0. The molecule has 19 heteroatoms. The van der Waals surface area contributed by atoms with E-state index in [4.69, 9.17) is 56.2 Å². The summed E-state index contributed by atoms with van der Waals surface area (Å²) in [4.78, 5) is 65.4. The van der Waals surface area contributed by atoms with E-state index in [0.29, 0.717) is 0 Å². The standard InChI is InChI=1S/3Mg.2HO3Si.2O3Si/c;;;4*1-4(2)3/h;;;2*1H;;/q3*+2;2*-1;2*-2. The van der Waals surface area contributed by atoms with E-state index in [2.05, 4.69) is 0 Å². The van der Waals surface area contributed by atoms with Crippen molar-refractivity contribution < 1.29 is 56.2 Å². The molecule has 0 aromatic rings. The van der Waals surface area contributed by atoms with Crippen molar-refractivity contribution in [2.75, 3.05) is 0 Å². The van der Waals surface area contributed by atoms with Crippen molar-refractivity contribution >= 4 is 106 Å². The molecular formula is H2Mg3O12Si4. The molecular weight excluding hydrogens is 377 g/mol. The van der Waals surface area contributed by atoms with Gasteiger partial charge in [0, 0.05) is 18.3 Å². The van der Waals surface area contributed by atoms with Crippen LogP contribution in [0.2, 0.25) is 0 Å². The van der Waals surface area contributed by atoms with Gasteiger partial charge < -0.3 is 56.2 Å². The predicted octanol–water partition coefficient (Wildman–Crippen LogP) is -11.4. The van der Waals surface area contributed by atoms with Crippen LogP contribution >= 0.6 is 0 Å². The summed E-state index contributed by atoms with van der Waals surface area (Å²) in [5, 5.41) is 0. The Morgan fingerprint density at radius 2 is 0.526 bits per heavy atom. The van der Waals surface area contributed by atoms with E-state index in [1.54, 1.807) is 0 Å². The molecule has 0 aromatic carbocycles. The molecule has 0 spiro atoms. The molecule has 0 atom stereocenters. The van der Waals surface area contributed by atoms with Gasteiger partial charge in [-0.05, 0) is 0 Å².